The molecule has 1 N–H and O–H groups in total. The summed E-state index contributed by atoms with van der Waals surface area (Å²) in [4.78, 5) is 26.3. The van der Waals surface area contributed by atoms with Crippen molar-refractivity contribution in [1.29, 1.82) is 5.26 Å². The van der Waals surface area contributed by atoms with Gasteiger partial charge in [-0.2, -0.15) is 10.4 Å². The fourth-order valence-electron chi connectivity index (χ4n) is 3.52. The van der Waals surface area contributed by atoms with Crippen molar-refractivity contribution in [2.45, 2.75) is 13.0 Å². The lowest BCUT2D eigenvalue weighted by molar-refractivity contribution is -0.122. The van der Waals surface area contributed by atoms with Gasteiger partial charge in [0, 0.05) is 12.6 Å². The Labute approximate surface area is 200 Å². The van der Waals surface area contributed by atoms with Gasteiger partial charge < -0.3 is 23.9 Å². The van der Waals surface area contributed by atoms with Crippen molar-refractivity contribution >= 4 is 22.7 Å². The predicted octanol–water partition coefficient (Wildman–Crippen LogP) is 3.49. The number of aryl methyl sites for hydroxylation is 1. The molecule has 0 saturated carbocycles. The molecular weight excluding hydrogens is 452 g/mol. The average molecular weight is 474 g/mol. The van der Waals surface area contributed by atoms with Crippen LogP contribution in [0.1, 0.15) is 12.5 Å². The number of benzene rings is 2. The molecule has 0 saturated heterocycles. The molecule has 1 atom stereocenters. The molecule has 10 heteroatoms. The monoisotopic (exact) mass is 474 g/mol. The van der Waals surface area contributed by atoms with Crippen LogP contribution in [0.5, 0.6) is 17.2 Å². The summed E-state index contributed by atoms with van der Waals surface area (Å²) >= 11 is 0. The molecule has 2 aromatic carbocycles. The maximum atomic E-state index is 13.4. The number of amides is 1. The van der Waals surface area contributed by atoms with Gasteiger partial charge >= 0.3 is 0 Å². The molecule has 0 fully saturated rings. The van der Waals surface area contributed by atoms with Crippen molar-refractivity contribution in [2.75, 3.05) is 19.5 Å². The van der Waals surface area contributed by atoms with Gasteiger partial charge in [-0.05, 0) is 37.3 Å². The van der Waals surface area contributed by atoms with Crippen molar-refractivity contribution in [2.24, 2.45) is 7.05 Å². The maximum absolute atomic E-state index is 13.4. The number of fused-ring (bicyclic) bond motifs is 1. The number of ether oxygens (including phenoxy) is 3. The zero-order chi connectivity index (χ0) is 25.1. The van der Waals surface area contributed by atoms with E-state index in [1.807, 2.05) is 6.07 Å². The minimum atomic E-state index is -1.11. The molecule has 4 aromatic rings. The lowest BCUT2D eigenvalue weighted by Crippen LogP contribution is -2.32. The van der Waals surface area contributed by atoms with E-state index in [-0.39, 0.29) is 22.9 Å². The molecule has 2 aromatic heterocycles. The van der Waals surface area contributed by atoms with Gasteiger partial charge in [-0.3, -0.25) is 14.3 Å². The predicted molar refractivity (Wildman–Crippen MR) is 128 cm³/mol. The Kier molecular flexibility index (Phi) is 6.42. The van der Waals surface area contributed by atoms with Crippen LogP contribution in [0.25, 0.3) is 22.3 Å². The van der Waals surface area contributed by atoms with E-state index in [4.69, 9.17) is 18.6 Å². The Bertz CT molecular complexity index is 1510. The summed E-state index contributed by atoms with van der Waals surface area (Å²) in [6.45, 7) is 1.49. The molecule has 10 nitrogen and oxygen atoms in total. The van der Waals surface area contributed by atoms with Gasteiger partial charge in [0.1, 0.15) is 23.0 Å². The molecule has 1 unspecified atom stereocenters. The first kappa shape index (κ1) is 23.4. The van der Waals surface area contributed by atoms with Crippen LogP contribution in [0.2, 0.25) is 0 Å². The van der Waals surface area contributed by atoms with E-state index < -0.39 is 17.4 Å². The van der Waals surface area contributed by atoms with Crippen LogP contribution in [0.15, 0.2) is 57.9 Å². The number of carbonyl (C=O) groups excluding carboxylic acids is 1. The number of hydrogen-bond acceptors (Lipinski definition) is 8. The van der Waals surface area contributed by atoms with Crippen molar-refractivity contribution in [3.63, 3.8) is 0 Å². The van der Waals surface area contributed by atoms with E-state index in [0.717, 1.165) is 0 Å². The van der Waals surface area contributed by atoms with Gasteiger partial charge in [0.2, 0.25) is 11.2 Å². The molecule has 1 amide bonds. The van der Waals surface area contributed by atoms with E-state index in [9.17, 15) is 14.9 Å². The fourth-order valence-corrected chi connectivity index (χ4v) is 3.52. The van der Waals surface area contributed by atoms with Crippen molar-refractivity contribution in [3.8, 4) is 34.6 Å². The maximum Gasteiger partial charge on any atom is 0.266 e. The van der Waals surface area contributed by atoms with Gasteiger partial charge in [0.05, 0.1) is 25.8 Å². The number of nitriles is 1. The van der Waals surface area contributed by atoms with E-state index >= 15 is 0 Å². The largest absolute Gasteiger partial charge is 0.493 e. The summed E-state index contributed by atoms with van der Waals surface area (Å²) < 4.78 is 24.0. The average Bonchev–Trinajstić information content (AvgIpc) is 3.23. The third-order valence-corrected chi connectivity index (χ3v) is 5.37. The summed E-state index contributed by atoms with van der Waals surface area (Å²) in [6, 6.07) is 13.7. The van der Waals surface area contributed by atoms with Gasteiger partial charge in [-0.1, -0.05) is 12.1 Å². The molecule has 2 heterocycles. The van der Waals surface area contributed by atoms with Crippen LogP contribution >= 0.6 is 0 Å². The van der Waals surface area contributed by atoms with E-state index in [1.165, 1.54) is 32.0 Å². The first-order valence-corrected chi connectivity index (χ1v) is 10.6. The third kappa shape index (κ3) is 4.39. The topological polar surface area (TPSA) is 129 Å². The quantitative estimate of drug-likeness (QED) is 0.431. The number of hydrogen-bond donors (Lipinski definition) is 1. The van der Waals surface area contributed by atoms with Gasteiger partial charge in [0.25, 0.3) is 5.91 Å². The zero-order valence-electron chi connectivity index (χ0n) is 19.5. The minimum absolute atomic E-state index is 0.132. The van der Waals surface area contributed by atoms with E-state index in [2.05, 4.69) is 10.4 Å². The zero-order valence-corrected chi connectivity index (χ0v) is 19.5. The Hall–Kier alpha value is -4.78. The third-order valence-electron chi connectivity index (χ3n) is 5.37. The Balaban J connectivity index is 1.77. The minimum Gasteiger partial charge on any atom is -0.493 e. The van der Waals surface area contributed by atoms with Crippen LogP contribution in [-0.4, -0.2) is 36.0 Å². The molecule has 178 valence electrons. The summed E-state index contributed by atoms with van der Waals surface area (Å²) in [5.74, 6) is 0.572. The number of anilines is 1. The van der Waals surface area contributed by atoms with Crippen LogP contribution in [0.4, 0.5) is 5.82 Å². The van der Waals surface area contributed by atoms with E-state index in [0.29, 0.717) is 28.0 Å². The smallest absolute Gasteiger partial charge is 0.266 e. The highest BCUT2D eigenvalue weighted by Crippen LogP contribution is 2.37. The Morgan fingerprint density at radius 1 is 1.17 bits per heavy atom. The van der Waals surface area contributed by atoms with Crippen LogP contribution in [-0.2, 0) is 11.8 Å². The number of para-hydroxylation sites is 1. The SMILES string of the molecule is COc1ccc(-c2oc3ccccc3c(=O)c2OC(C)C(=O)Nc2c(C#N)cnn2C)cc1OC. The van der Waals surface area contributed by atoms with Crippen LogP contribution in [0, 0.1) is 11.3 Å². The standard InChI is InChI=1S/C25H22N4O6/c1-14(25(31)28-24-16(12-26)13-27-29(24)2)34-23-21(30)17-7-5-6-8-18(17)35-22(23)15-9-10-19(32-3)20(11-15)33-4/h5-11,13-14H,1-4H3,(H,28,31). The lowest BCUT2D eigenvalue weighted by atomic mass is 10.1. The molecule has 0 bridgehead atoms. The first-order chi connectivity index (χ1) is 16.9. The molecule has 0 spiro atoms. The fraction of sp³-hybridized carbons (Fsp3) is 0.200. The molecule has 0 aliphatic heterocycles. The molecule has 0 radical (unpaired) electrons. The number of rotatable bonds is 7. The van der Waals surface area contributed by atoms with Gasteiger partial charge in [-0.15, -0.1) is 0 Å². The highest BCUT2D eigenvalue weighted by molar-refractivity contribution is 5.94. The van der Waals surface area contributed by atoms with Crippen LogP contribution in [0.3, 0.4) is 0 Å². The lowest BCUT2D eigenvalue weighted by Gasteiger charge is -2.17. The molecule has 35 heavy (non-hydrogen) atoms. The van der Waals surface area contributed by atoms with Crippen molar-refractivity contribution in [3.05, 3.63) is 64.4 Å². The van der Waals surface area contributed by atoms with Crippen molar-refractivity contribution in [1.82, 2.24) is 9.78 Å². The summed E-state index contributed by atoms with van der Waals surface area (Å²) in [6.07, 6.45) is 0.230. The first-order valence-electron chi connectivity index (χ1n) is 10.6. The second kappa shape index (κ2) is 9.61. The van der Waals surface area contributed by atoms with Gasteiger partial charge in [0.15, 0.2) is 23.4 Å². The second-order valence-corrected chi connectivity index (χ2v) is 7.55. The Morgan fingerprint density at radius 3 is 2.63 bits per heavy atom. The number of aromatic nitrogens is 2. The summed E-state index contributed by atoms with van der Waals surface area (Å²) in [7, 11) is 4.60. The van der Waals surface area contributed by atoms with Gasteiger partial charge in [-0.25, -0.2) is 0 Å². The molecule has 4 rings (SSSR count). The highest BCUT2D eigenvalue weighted by atomic mass is 16.5. The Morgan fingerprint density at radius 2 is 1.91 bits per heavy atom. The molecule has 0 aliphatic carbocycles. The number of nitrogens with one attached hydrogen (secondary N) is 1. The number of methoxy groups -OCH3 is 2. The second-order valence-electron chi connectivity index (χ2n) is 7.55. The summed E-state index contributed by atoms with van der Waals surface area (Å²) in [5, 5.41) is 16.1. The van der Waals surface area contributed by atoms with Crippen LogP contribution < -0.4 is 25.0 Å². The summed E-state index contributed by atoms with van der Waals surface area (Å²) in [5.41, 5.74) is 0.616. The molecular formula is C25H22N4O6. The van der Waals surface area contributed by atoms with Crippen molar-refractivity contribution < 1.29 is 23.4 Å². The normalized spacial score (nSPS) is 11.5. The highest BCUT2D eigenvalue weighted by Gasteiger charge is 2.25. The number of nitrogens with zero attached hydrogens (tertiary/aromatic N) is 3. The number of carbonyl (C=O) groups is 1. The molecule has 0 aliphatic rings. The van der Waals surface area contributed by atoms with E-state index in [1.54, 1.807) is 49.5 Å².